The average Bonchev–Trinajstić information content (AvgIpc) is 2.41. The number of rotatable bonds is 4. The normalized spacial score (nSPS) is 13.2. The average molecular weight is 238 g/mol. The van der Waals surface area contributed by atoms with Gasteiger partial charge in [0.1, 0.15) is 0 Å². The maximum Gasteiger partial charge on any atom is 0.0989 e. The molecule has 4 heteroatoms. The predicted molar refractivity (Wildman–Crippen MR) is 60.9 cm³/mol. The maximum absolute atomic E-state index is 5.97. The first-order valence-corrected chi connectivity index (χ1v) is 5.87. The zero-order valence-corrected chi connectivity index (χ0v) is 10.1. The van der Waals surface area contributed by atoms with E-state index < -0.39 is 0 Å². The van der Waals surface area contributed by atoms with Crippen molar-refractivity contribution >= 4 is 34.5 Å². The Balaban J connectivity index is 2.49. The number of thiophene rings is 1. The molecular weight excluding hydrogens is 225 g/mol. The standard InChI is InChI=1S/C9H13Cl2NS/c1-3-6(2)12-5-7-4-8(10)13-9(7)11/h4,6,12H,3,5H2,1-2H3. The van der Waals surface area contributed by atoms with Crippen molar-refractivity contribution in [2.75, 3.05) is 0 Å². The molecular formula is C9H13Cl2NS. The molecule has 1 heterocycles. The van der Waals surface area contributed by atoms with Crippen LogP contribution in [0.4, 0.5) is 0 Å². The van der Waals surface area contributed by atoms with E-state index in [0.29, 0.717) is 6.04 Å². The molecule has 0 aliphatic heterocycles. The second-order valence-corrected chi connectivity index (χ2v) is 5.33. The minimum Gasteiger partial charge on any atom is -0.310 e. The first kappa shape index (κ1) is 11.3. The quantitative estimate of drug-likeness (QED) is 0.837. The van der Waals surface area contributed by atoms with Crippen molar-refractivity contribution < 1.29 is 0 Å². The van der Waals surface area contributed by atoms with Gasteiger partial charge in [0.25, 0.3) is 0 Å². The number of hydrogen-bond acceptors (Lipinski definition) is 2. The zero-order valence-electron chi connectivity index (χ0n) is 7.73. The molecule has 1 unspecified atom stereocenters. The molecule has 1 N–H and O–H groups in total. The van der Waals surface area contributed by atoms with Crippen molar-refractivity contribution in [2.45, 2.75) is 32.9 Å². The zero-order chi connectivity index (χ0) is 9.84. The SMILES string of the molecule is CCC(C)NCc1cc(Cl)sc1Cl. The van der Waals surface area contributed by atoms with Gasteiger partial charge in [0.15, 0.2) is 0 Å². The Morgan fingerprint density at radius 2 is 2.23 bits per heavy atom. The Morgan fingerprint density at radius 3 is 2.69 bits per heavy atom. The fraction of sp³-hybridized carbons (Fsp3) is 0.556. The third-order valence-corrected chi connectivity index (χ3v) is 3.55. The summed E-state index contributed by atoms with van der Waals surface area (Å²) in [6.07, 6.45) is 1.12. The molecule has 1 aromatic heterocycles. The summed E-state index contributed by atoms with van der Waals surface area (Å²) in [4.78, 5) is 0. The van der Waals surface area contributed by atoms with Crippen LogP contribution in [0.5, 0.6) is 0 Å². The van der Waals surface area contributed by atoms with E-state index in [9.17, 15) is 0 Å². The molecule has 74 valence electrons. The van der Waals surface area contributed by atoms with E-state index in [-0.39, 0.29) is 0 Å². The molecule has 0 aliphatic rings. The fourth-order valence-electron chi connectivity index (χ4n) is 0.923. The Morgan fingerprint density at radius 1 is 1.54 bits per heavy atom. The molecule has 1 rings (SSSR count). The van der Waals surface area contributed by atoms with E-state index in [1.807, 2.05) is 6.07 Å². The third-order valence-electron chi connectivity index (χ3n) is 1.98. The first-order valence-electron chi connectivity index (χ1n) is 4.30. The molecule has 0 radical (unpaired) electrons. The lowest BCUT2D eigenvalue weighted by Gasteiger charge is -2.09. The van der Waals surface area contributed by atoms with Crippen molar-refractivity contribution in [1.82, 2.24) is 5.32 Å². The molecule has 0 fully saturated rings. The molecule has 0 aliphatic carbocycles. The lowest BCUT2D eigenvalue weighted by Crippen LogP contribution is -2.24. The van der Waals surface area contributed by atoms with E-state index >= 15 is 0 Å². The van der Waals surface area contributed by atoms with E-state index in [4.69, 9.17) is 23.2 Å². The Labute approximate surface area is 93.1 Å². The molecule has 1 aromatic rings. The van der Waals surface area contributed by atoms with E-state index in [1.165, 1.54) is 11.3 Å². The van der Waals surface area contributed by atoms with Crippen LogP contribution in [0.15, 0.2) is 6.07 Å². The summed E-state index contributed by atoms with van der Waals surface area (Å²) in [6.45, 7) is 5.11. The van der Waals surface area contributed by atoms with E-state index in [2.05, 4.69) is 19.2 Å². The van der Waals surface area contributed by atoms with Crippen LogP contribution in [-0.2, 0) is 6.54 Å². The molecule has 0 amide bonds. The summed E-state index contributed by atoms with van der Waals surface area (Å²) < 4.78 is 1.55. The van der Waals surface area contributed by atoms with Crippen LogP contribution >= 0.6 is 34.5 Å². The summed E-state index contributed by atoms with van der Waals surface area (Å²) in [5.41, 5.74) is 1.09. The summed E-state index contributed by atoms with van der Waals surface area (Å²) in [6, 6.07) is 2.44. The highest BCUT2D eigenvalue weighted by Gasteiger charge is 2.06. The van der Waals surface area contributed by atoms with Gasteiger partial charge >= 0.3 is 0 Å². The molecule has 0 saturated carbocycles. The molecule has 1 nitrogen and oxygen atoms in total. The monoisotopic (exact) mass is 237 g/mol. The minimum atomic E-state index is 0.523. The summed E-state index contributed by atoms with van der Waals surface area (Å²) >= 11 is 13.2. The summed E-state index contributed by atoms with van der Waals surface area (Å²) in [5.74, 6) is 0. The van der Waals surface area contributed by atoms with Gasteiger partial charge in [0, 0.05) is 12.6 Å². The van der Waals surface area contributed by atoms with Gasteiger partial charge in [-0.25, -0.2) is 0 Å². The second-order valence-electron chi connectivity index (χ2n) is 3.04. The maximum atomic E-state index is 5.97. The van der Waals surface area contributed by atoms with Crippen molar-refractivity contribution in [2.24, 2.45) is 0 Å². The van der Waals surface area contributed by atoms with Gasteiger partial charge in [-0.2, -0.15) is 0 Å². The van der Waals surface area contributed by atoms with Gasteiger partial charge in [0.05, 0.1) is 8.67 Å². The molecule has 0 spiro atoms. The lowest BCUT2D eigenvalue weighted by molar-refractivity contribution is 0.535. The van der Waals surface area contributed by atoms with Crippen LogP contribution in [0.3, 0.4) is 0 Å². The number of hydrogen-bond donors (Lipinski definition) is 1. The van der Waals surface area contributed by atoms with Crippen molar-refractivity contribution in [1.29, 1.82) is 0 Å². The molecule has 0 aromatic carbocycles. The number of halogens is 2. The Hall–Kier alpha value is 0.240. The van der Waals surface area contributed by atoms with Gasteiger partial charge in [-0.3, -0.25) is 0 Å². The molecule has 0 saturated heterocycles. The summed E-state index contributed by atoms with van der Waals surface area (Å²) in [5, 5.41) is 3.37. The van der Waals surface area contributed by atoms with Crippen molar-refractivity contribution in [3.8, 4) is 0 Å². The van der Waals surface area contributed by atoms with Crippen LogP contribution in [-0.4, -0.2) is 6.04 Å². The largest absolute Gasteiger partial charge is 0.310 e. The second kappa shape index (κ2) is 5.20. The van der Waals surface area contributed by atoms with Crippen LogP contribution in [0, 0.1) is 0 Å². The van der Waals surface area contributed by atoms with Gasteiger partial charge in [-0.1, -0.05) is 30.1 Å². The highest BCUT2D eigenvalue weighted by atomic mass is 35.5. The van der Waals surface area contributed by atoms with Crippen LogP contribution in [0.2, 0.25) is 8.67 Å². The third kappa shape index (κ3) is 3.47. The van der Waals surface area contributed by atoms with E-state index in [0.717, 1.165) is 27.2 Å². The Bertz CT molecular complexity index is 273. The van der Waals surface area contributed by atoms with Gasteiger partial charge in [0.2, 0.25) is 0 Å². The summed E-state index contributed by atoms with van der Waals surface area (Å²) in [7, 11) is 0. The van der Waals surface area contributed by atoms with Crippen LogP contribution < -0.4 is 5.32 Å². The van der Waals surface area contributed by atoms with Crippen molar-refractivity contribution in [3.63, 3.8) is 0 Å². The van der Waals surface area contributed by atoms with Crippen molar-refractivity contribution in [3.05, 3.63) is 20.3 Å². The number of nitrogens with one attached hydrogen (secondary N) is 1. The minimum absolute atomic E-state index is 0.523. The lowest BCUT2D eigenvalue weighted by atomic mass is 10.2. The highest BCUT2D eigenvalue weighted by Crippen LogP contribution is 2.30. The molecule has 0 bridgehead atoms. The molecule has 1 atom stereocenters. The highest BCUT2D eigenvalue weighted by molar-refractivity contribution is 7.20. The van der Waals surface area contributed by atoms with Gasteiger partial charge in [-0.15, -0.1) is 11.3 Å². The predicted octanol–water partition coefficient (Wildman–Crippen LogP) is 3.94. The topological polar surface area (TPSA) is 12.0 Å². The molecule has 13 heavy (non-hydrogen) atoms. The van der Waals surface area contributed by atoms with Gasteiger partial charge in [-0.05, 0) is 25.0 Å². The van der Waals surface area contributed by atoms with Crippen LogP contribution in [0.25, 0.3) is 0 Å². The van der Waals surface area contributed by atoms with E-state index in [1.54, 1.807) is 0 Å². The van der Waals surface area contributed by atoms with Crippen LogP contribution in [0.1, 0.15) is 25.8 Å². The fourth-order valence-corrected chi connectivity index (χ4v) is 2.41. The Kier molecular flexibility index (Phi) is 4.53. The van der Waals surface area contributed by atoms with Gasteiger partial charge < -0.3 is 5.32 Å². The first-order chi connectivity index (χ1) is 6.13. The smallest absolute Gasteiger partial charge is 0.0989 e.